The summed E-state index contributed by atoms with van der Waals surface area (Å²) in [6.07, 6.45) is 3.46. The first-order valence-corrected chi connectivity index (χ1v) is 4.59. The third kappa shape index (κ3) is 1.48. The van der Waals surface area contributed by atoms with E-state index in [1.807, 2.05) is 6.08 Å². The quantitative estimate of drug-likeness (QED) is 0.696. The fraction of sp³-hybridized carbons (Fsp3) is 0.143. The minimum Gasteiger partial charge on any atom is -0.375 e. The average Bonchev–Trinajstić information content (AvgIpc) is 2.53. The van der Waals surface area contributed by atoms with Gasteiger partial charge >= 0.3 is 6.03 Å². The summed E-state index contributed by atoms with van der Waals surface area (Å²) < 4.78 is 0. The molecule has 3 N–H and O–H groups in total. The van der Waals surface area contributed by atoms with Crippen molar-refractivity contribution in [3.8, 4) is 0 Å². The van der Waals surface area contributed by atoms with Gasteiger partial charge in [-0.05, 0) is 6.08 Å². The molecule has 2 heterocycles. The Morgan fingerprint density at radius 3 is 3.15 bits per heavy atom. The van der Waals surface area contributed by atoms with Crippen LogP contribution in [-0.2, 0) is 0 Å². The number of carbonyl (C=O) groups excluding carboxylic acids is 1. The van der Waals surface area contributed by atoms with Crippen molar-refractivity contribution in [3.05, 3.63) is 17.7 Å². The molecule has 0 atom stereocenters. The molecule has 1 aliphatic heterocycles. The summed E-state index contributed by atoms with van der Waals surface area (Å²) in [5.41, 5.74) is 5.46. The van der Waals surface area contributed by atoms with E-state index in [-0.39, 0.29) is 6.03 Å². The molecule has 0 unspecified atom stereocenters. The Morgan fingerprint density at radius 2 is 2.54 bits per heavy atom. The number of urea groups is 1. The van der Waals surface area contributed by atoms with Crippen LogP contribution in [0.15, 0.2) is 17.7 Å². The summed E-state index contributed by atoms with van der Waals surface area (Å²) in [4.78, 5) is 16.8. The predicted octanol–water partition coefficient (Wildman–Crippen LogP) is 0.769. The van der Waals surface area contributed by atoms with Crippen molar-refractivity contribution in [2.45, 2.75) is 0 Å². The molecule has 0 aliphatic carbocycles. The van der Waals surface area contributed by atoms with Gasteiger partial charge < -0.3 is 11.1 Å². The molecule has 0 saturated carbocycles. The number of nitrogens with zero attached hydrogens (tertiary/aromatic N) is 2. The van der Waals surface area contributed by atoms with Crippen LogP contribution in [0.25, 0.3) is 0 Å². The van der Waals surface area contributed by atoms with E-state index in [9.17, 15) is 4.79 Å². The molecule has 1 aromatic heterocycles. The number of anilines is 2. The minimum atomic E-state index is -0.173. The second kappa shape index (κ2) is 3.06. The first kappa shape index (κ1) is 8.06. The van der Waals surface area contributed by atoms with E-state index in [2.05, 4.69) is 10.3 Å². The Bertz CT molecular complexity index is 359. The monoisotopic (exact) mass is 196 g/mol. The summed E-state index contributed by atoms with van der Waals surface area (Å²) in [5.74, 6) is 0.601. The van der Waals surface area contributed by atoms with Gasteiger partial charge in [0.15, 0.2) is 5.13 Å². The van der Waals surface area contributed by atoms with E-state index in [0.29, 0.717) is 17.5 Å². The number of aromatic nitrogens is 1. The van der Waals surface area contributed by atoms with Gasteiger partial charge in [-0.15, -0.1) is 11.3 Å². The van der Waals surface area contributed by atoms with Crippen LogP contribution in [0.5, 0.6) is 0 Å². The van der Waals surface area contributed by atoms with Crippen molar-refractivity contribution >= 4 is 28.3 Å². The van der Waals surface area contributed by atoms with Crippen molar-refractivity contribution in [2.75, 3.05) is 17.2 Å². The lowest BCUT2D eigenvalue weighted by molar-refractivity contribution is 0.249. The zero-order chi connectivity index (χ0) is 9.26. The number of nitrogens with one attached hydrogen (secondary N) is 1. The first-order valence-electron chi connectivity index (χ1n) is 3.71. The SMILES string of the molecule is Nc1nc(N2CC=CNC2=O)cs1. The van der Waals surface area contributed by atoms with Crippen molar-refractivity contribution in [3.63, 3.8) is 0 Å². The third-order valence-electron chi connectivity index (χ3n) is 1.64. The number of amides is 2. The van der Waals surface area contributed by atoms with Gasteiger partial charge in [-0.3, -0.25) is 4.90 Å². The summed E-state index contributed by atoms with van der Waals surface area (Å²) in [6.45, 7) is 0.537. The van der Waals surface area contributed by atoms with Crippen LogP contribution in [0.3, 0.4) is 0 Å². The van der Waals surface area contributed by atoms with Gasteiger partial charge in [0.1, 0.15) is 5.82 Å². The van der Waals surface area contributed by atoms with Gasteiger partial charge in [0.05, 0.1) is 0 Å². The lowest BCUT2D eigenvalue weighted by Gasteiger charge is -2.20. The number of nitrogen functional groups attached to an aromatic ring is 1. The third-order valence-corrected chi connectivity index (χ3v) is 2.31. The van der Waals surface area contributed by atoms with Gasteiger partial charge in [0.2, 0.25) is 0 Å². The lowest BCUT2D eigenvalue weighted by atomic mass is 10.4. The smallest absolute Gasteiger partial charge is 0.327 e. The van der Waals surface area contributed by atoms with Crippen LogP contribution in [0.2, 0.25) is 0 Å². The minimum absolute atomic E-state index is 0.173. The van der Waals surface area contributed by atoms with Crippen LogP contribution in [-0.4, -0.2) is 17.6 Å². The molecule has 13 heavy (non-hydrogen) atoms. The van der Waals surface area contributed by atoms with Crippen LogP contribution >= 0.6 is 11.3 Å². The molecule has 0 saturated heterocycles. The van der Waals surface area contributed by atoms with Crippen molar-refractivity contribution in [2.24, 2.45) is 0 Å². The zero-order valence-corrected chi connectivity index (χ0v) is 7.54. The second-order valence-corrected chi connectivity index (χ2v) is 3.40. The Labute approximate surface area is 78.9 Å². The zero-order valence-electron chi connectivity index (χ0n) is 6.73. The van der Waals surface area contributed by atoms with E-state index in [4.69, 9.17) is 5.73 Å². The molecular formula is C7H8N4OS. The fourth-order valence-corrected chi connectivity index (χ4v) is 1.60. The van der Waals surface area contributed by atoms with E-state index < -0.39 is 0 Å². The van der Waals surface area contributed by atoms with E-state index in [1.54, 1.807) is 11.6 Å². The van der Waals surface area contributed by atoms with Gasteiger partial charge in [-0.25, -0.2) is 9.78 Å². The van der Waals surface area contributed by atoms with Crippen LogP contribution in [0.1, 0.15) is 0 Å². The van der Waals surface area contributed by atoms with Gasteiger partial charge in [-0.1, -0.05) is 0 Å². The number of thiazole rings is 1. The Kier molecular flexibility index (Phi) is 1.90. The Morgan fingerprint density at radius 1 is 1.69 bits per heavy atom. The number of carbonyl (C=O) groups is 1. The molecule has 0 aromatic carbocycles. The molecule has 68 valence electrons. The molecular weight excluding hydrogens is 188 g/mol. The summed E-state index contributed by atoms with van der Waals surface area (Å²) in [7, 11) is 0. The molecule has 5 nitrogen and oxygen atoms in total. The van der Waals surface area contributed by atoms with E-state index >= 15 is 0 Å². The maximum absolute atomic E-state index is 11.3. The predicted molar refractivity (Wildman–Crippen MR) is 51.5 cm³/mol. The maximum atomic E-state index is 11.3. The van der Waals surface area contributed by atoms with Crippen molar-refractivity contribution < 1.29 is 4.79 Å². The molecule has 1 aliphatic rings. The molecule has 1 aromatic rings. The van der Waals surface area contributed by atoms with Crippen molar-refractivity contribution in [1.82, 2.24) is 10.3 Å². The molecule has 2 rings (SSSR count). The fourth-order valence-electron chi connectivity index (χ4n) is 1.05. The largest absolute Gasteiger partial charge is 0.375 e. The Hall–Kier alpha value is -1.56. The maximum Gasteiger partial charge on any atom is 0.327 e. The summed E-state index contributed by atoms with van der Waals surface area (Å²) >= 11 is 1.32. The number of nitrogens with two attached hydrogens (primary N) is 1. The van der Waals surface area contributed by atoms with Crippen molar-refractivity contribution in [1.29, 1.82) is 0 Å². The highest BCUT2D eigenvalue weighted by molar-refractivity contribution is 7.13. The molecule has 0 radical (unpaired) electrons. The second-order valence-electron chi connectivity index (χ2n) is 2.51. The highest BCUT2D eigenvalue weighted by Crippen LogP contribution is 2.20. The highest BCUT2D eigenvalue weighted by Gasteiger charge is 2.18. The highest BCUT2D eigenvalue weighted by atomic mass is 32.1. The first-order chi connectivity index (χ1) is 6.27. The number of hydrogen-bond donors (Lipinski definition) is 2. The summed E-state index contributed by atoms with van der Waals surface area (Å²) in [6, 6.07) is -0.173. The van der Waals surface area contributed by atoms with Gasteiger partial charge in [0.25, 0.3) is 0 Å². The van der Waals surface area contributed by atoms with E-state index in [1.165, 1.54) is 16.2 Å². The lowest BCUT2D eigenvalue weighted by Crippen LogP contribution is -2.41. The Balaban J connectivity index is 2.25. The molecule has 0 fully saturated rings. The van der Waals surface area contributed by atoms with Crippen LogP contribution < -0.4 is 16.0 Å². The normalized spacial score (nSPS) is 16.0. The average molecular weight is 196 g/mol. The molecule has 2 amide bonds. The number of hydrogen-bond acceptors (Lipinski definition) is 4. The van der Waals surface area contributed by atoms with Gasteiger partial charge in [0, 0.05) is 18.1 Å². The number of rotatable bonds is 1. The van der Waals surface area contributed by atoms with Crippen LogP contribution in [0.4, 0.5) is 15.7 Å². The molecule has 0 spiro atoms. The summed E-state index contributed by atoms with van der Waals surface area (Å²) in [5, 5.41) is 4.80. The standard InChI is InChI=1S/C7H8N4OS/c8-6-10-5(4-13-6)11-3-1-2-9-7(11)12/h1-2,4H,3H2,(H2,8,10)(H,9,12). The topological polar surface area (TPSA) is 71.2 Å². The molecule has 6 heteroatoms. The molecule has 0 bridgehead atoms. The van der Waals surface area contributed by atoms with Gasteiger partial charge in [-0.2, -0.15) is 0 Å². The van der Waals surface area contributed by atoms with Crippen LogP contribution in [0, 0.1) is 0 Å². The van der Waals surface area contributed by atoms with E-state index in [0.717, 1.165) is 0 Å².